The molecule has 1 atom stereocenters. The molecule has 1 aromatic carbocycles. The summed E-state index contributed by atoms with van der Waals surface area (Å²) in [6, 6.07) is 10.5. The Kier molecular flexibility index (Phi) is 4.92. The highest BCUT2D eigenvalue weighted by Gasteiger charge is 2.11. The lowest BCUT2D eigenvalue weighted by Crippen LogP contribution is -2.10. The van der Waals surface area contributed by atoms with Crippen molar-refractivity contribution in [2.24, 2.45) is 5.73 Å². The van der Waals surface area contributed by atoms with Crippen molar-refractivity contribution < 1.29 is 8.42 Å². The van der Waals surface area contributed by atoms with Crippen molar-refractivity contribution >= 4 is 33.6 Å². The Hall–Kier alpha value is -0.880. The number of nitrogens with two attached hydrogens (primary N) is 1. The lowest BCUT2D eigenvalue weighted by atomic mass is 10.1. The molecule has 1 heterocycles. The first-order chi connectivity index (χ1) is 7.98. The summed E-state index contributed by atoms with van der Waals surface area (Å²) in [4.78, 5) is 1.39. The number of thiophene rings is 1. The smallest absolute Gasteiger partial charge is 0.175 e. The van der Waals surface area contributed by atoms with Gasteiger partial charge in [-0.1, -0.05) is 18.2 Å². The first-order valence-corrected chi connectivity index (χ1v) is 7.84. The normalized spacial score (nSPS) is 12.8. The Morgan fingerprint density at radius 2 is 1.78 bits per heavy atom. The molecule has 3 nitrogen and oxygen atoms in total. The SMILES string of the molecule is CS(=O)(=O)c1ccc([C@@H](N)c2cccs2)cc1.Cl. The molecule has 98 valence electrons. The van der Waals surface area contributed by atoms with Crippen LogP contribution in [-0.4, -0.2) is 14.7 Å². The van der Waals surface area contributed by atoms with Crippen molar-refractivity contribution in [3.63, 3.8) is 0 Å². The Balaban J connectivity index is 0.00000162. The van der Waals surface area contributed by atoms with E-state index in [0.29, 0.717) is 4.90 Å². The molecule has 0 bridgehead atoms. The molecule has 0 unspecified atom stereocenters. The minimum Gasteiger partial charge on any atom is -0.320 e. The van der Waals surface area contributed by atoms with Crippen LogP contribution in [0.1, 0.15) is 16.5 Å². The molecule has 18 heavy (non-hydrogen) atoms. The second-order valence-electron chi connectivity index (χ2n) is 3.83. The van der Waals surface area contributed by atoms with Crippen LogP contribution in [0.3, 0.4) is 0 Å². The molecule has 0 amide bonds. The van der Waals surface area contributed by atoms with Crippen LogP contribution in [0, 0.1) is 0 Å². The van der Waals surface area contributed by atoms with E-state index in [1.54, 1.807) is 35.6 Å². The van der Waals surface area contributed by atoms with E-state index in [1.165, 1.54) is 6.26 Å². The first kappa shape index (κ1) is 15.2. The Morgan fingerprint density at radius 1 is 1.17 bits per heavy atom. The van der Waals surface area contributed by atoms with Crippen LogP contribution in [0.4, 0.5) is 0 Å². The van der Waals surface area contributed by atoms with Gasteiger partial charge in [0, 0.05) is 11.1 Å². The molecule has 1 aromatic heterocycles. The maximum atomic E-state index is 11.3. The van der Waals surface area contributed by atoms with Crippen molar-refractivity contribution in [3.8, 4) is 0 Å². The molecule has 0 aliphatic rings. The quantitative estimate of drug-likeness (QED) is 0.948. The van der Waals surface area contributed by atoms with Crippen LogP contribution in [-0.2, 0) is 9.84 Å². The summed E-state index contributed by atoms with van der Waals surface area (Å²) < 4.78 is 22.6. The second-order valence-corrected chi connectivity index (χ2v) is 6.83. The van der Waals surface area contributed by atoms with E-state index < -0.39 is 9.84 Å². The van der Waals surface area contributed by atoms with Crippen molar-refractivity contribution in [2.45, 2.75) is 10.9 Å². The summed E-state index contributed by atoms with van der Waals surface area (Å²) in [6.07, 6.45) is 1.20. The van der Waals surface area contributed by atoms with Crippen molar-refractivity contribution in [3.05, 3.63) is 52.2 Å². The third-order valence-electron chi connectivity index (χ3n) is 2.52. The molecule has 0 saturated carbocycles. The Labute approximate surface area is 117 Å². The van der Waals surface area contributed by atoms with Crippen LogP contribution in [0.15, 0.2) is 46.7 Å². The molecule has 0 spiro atoms. The molecule has 0 fully saturated rings. The minimum absolute atomic E-state index is 0. The number of halogens is 1. The summed E-state index contributed by atoms with van der Waals surface area (Å²) in [5.41, 5.74) is 7.00. The van der Waals surface area contributed by atoms with Gasteiger partial charge in [0.2, 0.25) is 0 Å². The molecular formula is C12H14ClNO2S2. The third-order valence-corrected chi connectivity index (χ3v) is 4.60. The van der Waals surface area contributed by atoms with Crippen LogP contribution in [0.2, 0.25) is 0 Å². The largest absolute Gasteiger partial charge is 0.320 e. The van der Waals surface area contributed by atoms with Gasteiger partial charge in [0.15, 0.2) is 9.84 Å². The number of sulfone groups is 1. The lowest BCUT2D eigenvalue weighted by Gasteiger charge is -2.10. The van der Waals surface area contributed by atoms with E-state index in [4.69, 9.17) is 5.73 Å². The zero-order valence-corrected chi connectivity index (χ0v) is 12.2. The van der Waals surface area contributed by atoms with Crippen molar-refractivity contribution in [2.75, 3.05) is 6.26 Å². The van der Waals surface area contributed by atoms with E-state index in [2.05, 4.69) is 0 Å². The monoisotopic (exact) mass is 303 g/mol. The van der Waals surface area contributed by atoms with E-state index in [1.807, 2.05) is 17.5 Å². The van der Waals surface area contributed by atoms with Crippen LogP contribution in [0.25, 0.3) is 0 Å². The predicted octanol–water partition coefficient (Wildman–Crippen LogP) is 2.62. The molecule has 2 rings (SSSR count). The molecule has 0 aliphatic heterocycles. The average molecular weight is 304 g/mol. The summed E-state index contributed by atoms with van der Waals surface area (Å²) in [5, 5.41) is 1.97. The zero-order valence-electron chi connectivity index (χ0n) is 9.74. The van der Waals surface area contributed by atoms with Gasteiger partial charge in [0.05, 0.1) is 10.9 Å². The molecule has 6 heteroatoms. The maximum absolute atomic E-state index is 11.3. The summed E-state index contributed by atoms with van der Waals surface area (Å²) >= 11 is 1.59. The summed E-state index contributed by atoms with van der Waals surface area (Å²) in [6.45, 7) is 0. The van der Waals surface area contributed by atoms with E-state index in [-0.39, 0.29) is 18.4 Å². The molecule has 0 radical (unpaired) electrons. The van der Waals surface area contributed by atoms with Gasteiger partial charge in [-0.05, 0) is 29.1 Å². The first-order valence-electron chi connectivity index (χ1n) is 5.07. The molecule has 0 aliphatic carbocycles. The highest BCUT2D eigenvalue weighted by Crippen LogP contribution is 2.24. The topological polar surface area (TPSA) is 60.2 Å². The number of rotatable bonds is 3. The third kappa shape index (κ3) is 3.32. The highest BCUT2D eigenvalue weighted by molar-refractivity contribution is 7.90. The number of hydrogen-bond donors (Lipinski definition) is 1. The van der Waals surface area contributed by atoms with Gasteiger partial charge in [-0.15, -0.1) is 23.7 Å². The summed E-state index contributed by atoms with van der Waals surface area (Å²) in [5.74, 6) is 0. The standard InChI is InChI=1S/C12H13NO2S2.ClH/c1-17(14,15)10-6-4-9(5-7-10)12(13)11-3-2-8-16-11;/h2-8,12H,13H2,1H3;1H/t12-;/m1./s1. The molecule has 2 aromatic rings. The van der Waals surface area contributed by atoms with Crippen molar-refractivity contribution in [1.82, 2.24) is 0 Å². The van der Waals surface area contributed by atoms with Gasteiger partial charge in [0.25, 0.3) is 0 Å². The van der Waals surface area contributed by atoms with Gasteiger partial charge in [0.1, 0.15) is 0 Å². The Morgan fingerprint density at radius 3 is 2.22 bits per heavy atom. The Bertz CT molecular complexity index is 592. The fraction of sp³-hybridized carbons (Fsp3) is 0.167. The van der Waals surface area contributed by atoms with Crippen LogP contribution < -0.4 is 5.73 Å². The lowest BCUT2D eigenvalue weighted by molar-refractivity contribution is 0.602. The van der Waals surface area contributed by atoms with E-state index in [0.717, 1.165) is 10.4 Å². The number of benzene rings is 1. The van der Waals surface area contributed by atoms with Crippen molar-refractivity contribution in [1.29, 1.82) is 0 Å². The van der Waals surface area contributed by atoms with Gasteiger partial charge < -0.3 is 5.73 Å². The van der Waals surface area contributed by atoms with Crippen LogP contribution in [0.5, 0.6) is 0 Å². The second kappa shape index (κ2) is 5.84. The maximum Gasteiger partial charge on any atom is 0.175 e. The van der Waals surface area contributed by atoms with Gasteiger partial charge in [-0.3, -0.25) is 0 Å². The number of hydrogen-bond acceptors (Lipinski definition) is 4. The fourth-order valence-electron chi connectivity index (χ4n) is 1.55. The zero-order chi connectivity index (χ0) is 12.5. The summed E-state index contributed by atoms with van der Waals surface area (Å²) in [7, 11) is -3.14. The molecule has 0 saturated heterocycles. The fourth-order valence-corrected chi connectivity index (χ4v) is 2.94. The van der Waals surface area contributed by atoms with Gasteiger partial charge in [-0.25, -0.2) is 8.42 Å². The molecule has 2 N–H and O–H groups in total. The average Bonchev–Trinajstić information content (AvgIpc) is 2.80. The van der Waals surface area contributed by atoms with E-state index >= 15 is 0 Å². The minimum atomic E-state index is -3.14. The van der Waals surface area contributed by atoms with E-state index in [9.17, 15) is 8.42 Å². The predicted molar refractivity (Wildman–Crippen MR) is 77.1 cm³/mol. The van der Waals surface area contributed by atoms with Crippen LogP contribution >= 0.6 is 23.7 Å². The highest BCUT2D eigenvalue weighted by atomic mass is 35.5. The molecular weight excluding hydrogens is 290 g/mol. The van der Waals surface area contributed by atoms with Gasteiger partial charge >= 0.3 is 0 Å². The van der Waals surface area contributed by atoms with Gasteiger partial charge in [-0.2, -0.15) is 0 Å².